The van der Waals surface area contributed by atoms with Crippen LogP contribution in [0.5, 0.6) is 0 Å². The van der Waals surface area contributed by atoms with Gasteiger partial charge in [-0.3, -0.25) is 0 Å². The van der Waals surface area contributed by atoms with Crippen LogP contribution in [0.4, 0.5) is 0 Å². The fourth-order valence-electron chi connectivity index (χ4n) is 1.29. The van der Waals surface area contributed by atoms with E-state index in [1.54, 1.807) is 6.92 Å². The summed E-state index contributed by atoms with van der Waals surface area (Å²) in [6.45, 7) is 1.67. The molecule has 1 aromatic carbocycles. The van der Waals surface area contributed by atoms with Gasteiger partial charge in [0, 0.05) is 17.3 Å². The number of aliphatic hydroxyl groups is 1. The standard InChI is InChI=1S/C11H13BrO2/c1-11(14,6-7-13)8-9-2-4-10(12)5-3-9/h2-5,7,14H,6,8H2,1H3. The van der Waals surface area contributed by atoms with Crippen molar-refractivity contribution in [1.82, 2.24) is 0 Å². The summed E-state index contributed by atoms with van der Waals surface area (Å²) in [7, 11) is 0. The van der Waals surface area contributed by atoms with Gasteiger partial charge < -0.3 is 9.90 Å². The van der Waals surface area contributed by atoms with Gasteiger partial charge in [-0.2, -0.15) is 0 Å². The van der Waals surface area contributed by atoms with Gasteiger partial charge in [0.1, 0.15) is 6.29 Å². The van der Waals surface area contributed by atoms with E-state index in [9.17, 15) is 9.90 Å². The van der Waals surface area contributed by atoms with Crippen molar-refractivity contribution in [3.05, 3.63) is 34.3 Å². The van der Waals surface area contributed by atoms with Gasteiger partial charge in [-0.1, -0.05) is 28.1 Å². The molecule has 0 heterocycles. The summed E-state index contributed by atoms with van der Waals surface area (Å²) in [5, 5.41) is 9.79. The molecule has 3 heteroatoms. The molecule has 0 saturated carbocycles. The highest BCUT2D eigenvalue weighted by Gasteiger charge is 2.19. The molecule has 0 fully saturated rings. The van der Waals surface area contributed by atoms with E-state index >= 15 is 0 Å². The van der Waals surface area contributed by atoms with E-state index in [1.165, 1.54) is 0 Å². The summed E-state index contributed by atoms with van der Waals surface area (Å²) < 4.78 is 1.01. The van der Waals surface area contributed by atoms with Crippen molar-refractivity contribution < 1.29 is 9.90 Å². The summed E-state index contributed by atoms with van der Waals surface area (Å²) >= 11 is 3.34. The van der Waals surface area contributed by atoms with Crippen LogP contribution in [0.1, 0.15) is 18.9 Å². The van der Waals surface area contributed by atoms with Crippen LogP contribution in [0, 0.1) is 0 Å². The molecule has 1 aromatic rings. The van der Waals surface area contributed by atoms with Crippen LogP contribution in [0.2, 0.25) is 0 Å². The molecule has 0 aliphatic heterocycles. The molecule has 0 amide bonds. The Hall–Kier alpha value is -0.670. The van der Waals surface area contributed by atoms with E-state index in [2.05, 4.69) is 15.9 Å². The average Bonchev–Trinajstić information content (AvgIpc) is 2.08. The summed E-state index contributed by atoms with van der Waals surface area (Å²) in [5.74, 6) is 0. The molecule has 0 radical (unpaired) electrons. The fourth-order valence-corrected chi connectivity index (χ4v) is 1.56. The quantitative estimate of drug-likeness (QED) is 0.840. The van der Waals surface area contributed by atoms with Gasteiger partial charge in [-0.15, -0.1) is 0 Å². The Balaban J connectivity index is 2.68. The first kappa shape index (κ1) is 11.4. The minimum atomic E-state index is -0.935. The van der Waals surface area contributed by atoms with E-state index < -0.39 is 5.60 Å². The molecule has 0 aromatic heterocycles. The first-order valence-electron chi connectivity index (χ1n) is 4.44. The second-order valence-electron chi connectivity index (χ2n) is 3.67. The van der Waals surface area contributed by atoms with Gasteiger partial charge in [0.05, 0.1) is 5.60 Å². The van der Waals surface area contributed by atoms with Crippen LogP contribution in [-0.4, -0.2) is 17.0 Å². The maximum Gasteiger partial charge on any atom is 0.122 e. The Bertz CT molecular complexity index is 304. The van der Waals surface area contributed by atoms with Crippen molar-refractivity contribution in [1.29, 1.82) is 0 Å². The maximum atomic E-state index is 10.3. The van der Waals surface area contributed by atoms with Gasteiger partial charge in [0.15, 0.2) is 0 Å². The molecular formula is C11H13BrO2. The van der Waals surface area contributed by atoms with Crippen LogP contribution in [0.25, 0.3) is 0 Å². The largest absolute Gasteiger partial charge is 0.389 e. The molecule has 1 unspecified atom stereocenters. The number of carbonyl (C=O) groups excluding carboxylic acids is 1. The smallest absolute Gasteiger partial charge is 0.122 e. The van der Waals surface area contributed by atoms with Crippen LogP contribution in [-0.2, 0) is 11.2 Å². The lowest BCUT2D eigenvalue weighted by Crippen LogP contribution is -2.27. The Morgan fingerprint density at radius 3 is 2.50 bits per heavy atom. The Labute approximate surface area is 92.1 Å². The van der Waals surface area contributed by atoms with E-state index in [-0.39, 0.29) is 6.42 Å². The SMILES string of the molecule is CC(O)(CC=O)Cc1ccc(Br)cc1. The van der Waals surface area contributed by atoms with E-state index in [4.69, 9.17) is 0 Å². The van der Waals surface area contributed by atoms with E-state index in [0.29, 0.717) is 6.42 Å². The van der Waals surface area contributed by atoms with Gasteiger partial charge in [-0.25, -0.2) is 0 Å². The molecule has 0 saturated heterocycles. The second kappa shape index (κ2) is 4.71. The first-order chi connectivity index (χ1) is 6.53. The van der Waals surface area contributed by atoms with Gasteiger partial charge in [0.25, 0.3) is 0 Å². The Kier molecular flexibility index (Phi) is 3.84. The van der Waals surface area contributed by atoms with Crippen LogP contribution < -0.4 is 0 Å². The monoisotopic (exact) mass is 256 g/mol. The van der Waals surface area contributed by atoms with E-state index in [0.717, 1.165) is 16.3 Å². The van der Waals surface area contributed by atoms with Crippen molar-refractivity contribution in [2.45, 2.75) is 25.4 Å². The van der Waals surface area contributed by atoms with Gasteiger partial charge in [0.2, 0.25) is 0 Å². The number of hydrogen-bond donors (Lipinski definition) is 1. The van der Waals surface area contributed by atoms with Gasteiger partial charge >= 0.3 is 0 Å². The number of carbonyl (C=O) groups is 1. The highest BCUT2D eigenvalue weighted by molar-refractivity contribution is 9.10. The number of hydrogen-bond acceptors (Lipinski definition) is 2. The van der Waals surface area contributed by atoms with Crippen molar-refractivity contribution in [3.8, 4) is 0 Å². The number of halogens is 1. The zero-order valence-electron chi connectivity index (χ0n) is 8.03. The minimum absolute atomic E-state index is 0.170. The van der Waals surface area contributed by atoms with Crippen molar-refractivity contribution in [2.24, 2.45) is 0 Å². The second-order valence-corrected chi connectivity index (χ2v) is 4.59. The molecule has 1 N–H and O–H groups in total. The molecule has 0 bridgehead atoms. The predicted molar refractivity (Wildman–Crippen MR) is 59.2 cm³/mol. The number of rotatable bonds is 4. The third-order valence-corrected chi connectivity index (χ3v) is 2.55. The average molecular weight is 257 g/mol. The molecule has 0 spiro atoms. The van der Waals surface area contributed by atoms with Crippen molar-refractivity contribution in [3.63, 3.8) is 0 Å². The molecular weight excluding hydrogens is 244 g/mol. The van der Waals surface area contributed by atoms with Crippen LogP contribution in [0.3, 0.4) is 0 Å². The summed E-state index contributed by atoms with van der Waals surface area (Å²) in [5.41, 5.74) is 0.0929. The molecule has 76 valence electrons. The first-order valence-corrected chi connectivity index (χ1v) is 5.23. The Morgan fingerprint density at radius 1 is 1.43 bits per heavy atom. The molecule has 1 rings (SSSR count). The van der Waals surface area contributed by atoms with Crippen LogP contribution >= 0.6 is 15.9 Å². The minimum Gasteiger partial charge on any atom is -0.389 e. The maximum absolute atomic E-state index is 10.3. The molecule has 0 aliphatic carbocycles. The zero-order chi connectivity index (χ0) is 10.6. The van der Waals surface area contributed by atoms with Gasteiger partial charge in [-0.05, 0) is 24.6 Å². The molecule has 2 nitrogen and oxygen atoms in total. The fraction of sp³-hybridized carbons (Fsp3) is 0.364. The normalized spacial score (nSPS) is 14.8. The highest BCUT2D eigenvalue weighted by Crippen LogP contribution is 2.17. The number of aldehydes is 1. The summed E-state index contributed by atoms with van der Waals surface area (Å²) in [4.78, 5) is 10.3. The third kappa shape index (κ3) is 3.60. The zero-order valence-corrected chi connectivity index (χ0v) is 9.62. The molecule has 0 aliphatic rings. The van der Waals surface area contributed by atoms with Crippen molar-refractivity contribution in [2.75, 3.05) is 0 Å². The lowest BCUT2D eigenvalue weighted by molar-refractivity contribution is -0.111. The molecule has 14 heavy (non-hydrogen) atoms. The van der Waals surface area contributed by atoms with Crippen LogP contribution in [0.15, 0.2) is 28.7 Å². The lowest BCUT2D eigenvalue weighted by atomic mass is 9.94. The van der Waals surface area contributed by atoms with E-state index in [1.807, 2.05) is 24.3 Å². The van der Waals surface area contributed by atoms with Crippen molar-refractivity contribution >= 4 is 22.2 Å². The Morgan fingerprint density at radius 2 is 2.00 bits per heavy atom. The lowest BCUT2D eigenvalue weighted by Gasteiger charge is -2.20. The number of benzene rings is 1. The predicted octanol–water partition coefficient (Wildman–Crippen LogP) is 2.33. The molecule has 1 atom stereocenters. The highest BCUT2D eigenvalue weighted by atomic mass is 79.9. The topological polar surface area (TPSA) is 37.3 Å². The summed E-state index contributed by atoms with van der Waals surface area (Å²) in [6.07, 6.45) is 1.42. The summed E-state index contributed by atoms with van der Waals surface area (Å²) in [6, 6.07) is 7.71. The third-order valence-electron chi connectivity index (χ3n) is 2.02.